The van der Waals surface area contributed by atoms with Gasteiger partial charge in [0.2, 0.25) is 5.91 Å². The van der Waals surface area contributed by atoms with Crippen molar-refractivity contribution in [1.82, 2.24) is 10.2 Å². The molecule has 1 atom stereocenters. The Hall–Kier alpha value is -1.46. The van der Waals surface area contributed by atoms with Crippen LogP contribution in [0.25, 0.3) is 0 Å². The maximum Gasteiger partial charge on any atom is 0.229 e. The number of benzene rings is 1. The van der Waals surface area contributed by atoms with E-state index in [2.05, 4.69) is 5.32 Å². The number of ether oxygens (including phenoxy) is 2. The lowest BCUT2D eigenvalue weighted by Crippen LogP contribution is -2.41. The Balaban J connectivity index is 0.00000242. The molecule has 1 amide bonds. The molecule has 1 unspecified atom stereocenters. The first-order valence-corrected chi connectivity index (χ1v) is 7.43. The number of hydrogen-bond acceptors (Lipinski definition) is 4. The second-order valence-corrected chi connectivity index (χ2v) is 5.28. The van der Waals surface area contributed by atoms with Crippen molar-refractivity contribution in [3.8, 4) is 11.5 Å². The molecule has 0 spiro atoms. The molecule has 1 aromatic rings. The van der Waals surface area contributed by atoms with Crippen molar-refractivity contribution < 1.29 is 14.3 Å². The molecule has 1 aromatic carbocycles. The molecule has 0 aliphatic carbocycles. The number of nitrogens with zero attached hydrogens (tertiary/aromatic N) is 1. The lowest BCUT2D eigenvalue weighted by Gasteiger charge is -2.28. The Morgan fingerprint density at radius 3 is 2.95 bits per heavy atom. The minimum atomic E-state index is -0.115. The second kappa shape index (κ2) is 8.86. The minimum Gasteiger partial charge on any atom is -0.494 e. The molecule has 1 heterocycles. The van der Waals surface area contributed by atoms with Crippen LogP contribution in [0.2, 0.25) is 0 Å². The van der Waals surface area contributed by atoms with Crippen LogP contribution in [0.1, 0.15) is 12.5 Å². The summed E-state index contributed by atoms with van der Waals surface area (Å²) >= 11 is 0. The minimum absolute atomic E-state index is 0. The van der Waals surface area contributed by atoms with E-state index in [4.69, 9.17) is 9.47 Å². The lowest BCUT2D eigenvalue weighted by molar-refractivity contribution is -0.135. The summed E-state index contributed by atoms with van der Waals surface area (Å²) < 4.78 is 11.2. The van der Waals surface area contributed by atoms with Crippen LogP contribution in [-0.4, -0.2) is 51.2 Å². The molecule has 0 radical (unpaired) electrons. The van der Waals surface area contributed by atoms with Crippen LogP contribution in [0.3, 0.4) is 0 Å². The third-order valence-corrected chi connectivity index (χ3v) is 3.67. The third-order valence-electron chi connectivity index (χ3n) is 3.67. The maximum atomic E-state index is 12.4. The average molecular weight is 329 g/mol. The molecule has 22 heavy (non-hydrogen) atoms. The number of amides is 1. The molecule has 124 valence electrons. The van der Waals surface area contributed by atoms with Crippen LogP contribution in [0, 0.1) is 5.92 Å². The highest BCUT2D eigenvalue weighted by Gasteiger charge is 2.28. The molecule has 0 aromatic heterocycles. The summed E-state index contributed by atoms with van der Waals surface area (Å²) in [6.07, 6.45) is 0.707. The Bertz CT molecular complexity index is 496. The Morgan fingerprint density at radius 2 is 2.27 bits per heavy atom. The zero-order valence-corrected chi connectivity index (χ0v) is 14.2. The van der Waals surface area contributed by atoms with Crippen LogP contribution in [0.4, 0.5) is 0 Å². The Kier molecular flexibility index (Phi) is 7.48. The summed E-state index contributed by atoms with van der Waals surface area (Å²) in [6, 6.07) is 5.81. The third kappa shape index (κ3) is 4.52. The van der Waals surface area contributed by atoms with E-state index in [-0.39, 0.29) is 24.2 Å². The van der Waals surface area contributed by atoms with Crippen molar-refractivity contribution in [2.24, 2.45) is 5.92 Å². The van der Waals surface area contributed by atoms with Crippen molar-refractivity contribution >= 4 is 18.3 Å². The van der Waals surface area contributed by atoms with Crippen LogP contribution >= 0.6 is 12.4 Å². The smallest absolute Gasteiger partial charge is 0.229 e. The fourth-order valence-corrected chi connectivity index (χ4v) is 2.49. The van der Waals surface area contributed by atoms with Gasteiger partial charge in [-0.1, -0.05) is 0 Å². The fraction of sp³-hybridized carbons (Fsp3) is 0.562. The Morgan fingerprint density at radius 1 is 1.50 bits per heavy atom. The number of halogens is 1. The fourth-order valence-electron chi connectivity index (χ4n) is 2.49. The molecule has 6 heteroatoms. The van der Waals surface area contributed by atoms with Crippen molar-refractivity contribution in [1.29, 1.82) is 0 Å². The van der Waals surface area contributed by atoms with Crippen LogP contribution in [-0.2, 0) is 11.2 Å². The molecule has 0 saturated heterocycles. The number of rotatable bonds is 6. The predicted octanol–water partition coefficient (Wildman–Crippen LogP) is 1.74. The number of fused-ring (bicyclic) bond motifs is 1. The van der Waals surface area contributed by atoms with Crippen molar-refractivity contribution in [3.63, 3.8) is 0 Å². The van der Waals surface area contributed by atoms with Gasteiger partial charge in [-0.05, 0) is 44.2 Å². The topological polar surface area (TPSA) is 50.8 Å². The summed E-state index contributed by atoms with van der Waals surface area (Å²) in [5.74, 6) is 1.71. The molecule has 5 nitrogen and oxygen atoms in total. The van der Waals surface area contributed by atoms with Gasteiger partial charge in [0.1, 0.15) is 18.1 Å². The molecule has 1 N–H and O–H groups in total. The van der Waals surface area contributed by atoms with Gasteiger partial charge in [-0.25, -0.2) is 0 Å². The van der Waals surface area contributed by atoms with Gasteiger partial charge in [-0.2, -0.15) is 0 Å². The van der Waals surface area contributed by atoms with Gasteiger partial charge >= 0.3 is 0 Å². The molecular weight excluding hydrogens is 304 g/mol. The van der Waals surface area contributed by atoms with Crippen molar-refractivity contribution in [3.05, 3.63) is 23.8 Å². The molecule has 0 saturated carbocycles. The van der Waals surface area contributed by atoms with Crippen molar-refractivity contribution in [2.75, 3.05) is 40.4 Å². The van der Waals surface area contributed by atoms with Gasteiger partial charge < -0.3 is 19.7 Å². The standard InChI is InChI=1S/C16H24N2O3.ClH/c1-4-20-14-5-6-15-12(10-14)9-13(11-21-15)16(19)18(3)8-7-17-2;/h5-6,10,13,17H,4,7-9,11H2,1-3H3;1H. The first-order chi connectivity index (χ1) is 10.2. The molecule has 1 aliphatic rings. The largest absolute Gasteiger partial charge is 0.494 e. The molecule has 0 bridgehead atoms. The highest BCUT2D eigenvalue weighted by atomic mass is 35.5. The monoisotopic (exact) mass is 328 g/mol. The molecule has 2 rings (SSSR count). The van der Waals surface area contributed by atoms with Gasteiger partial charge in [-0.3, -0.25) is 4.79 Å². The van der Waals surface area contributed by atoms with E-state index in [1.54, 1.807) is 4.90 Å². The van der Waals surface area contributed by atoms with Gasteiger partial charge in [0.05, 0.1) is 12.5 Å². The summed E-state index contributed by atoms with van der Waals surface area (Å²) in [5, 5.41) is 3.05. The predicted molar refractivity (Wildman–Crippen MR) is 89.1 cm³/mol. The van der Waals surface area contributed by atoms with Gasteiger partial charge in [0.15, 0.2) is 0 Å². The zero-order valence-electron chi connectivity index (χ0n) is 13.4. The molecule has 0 fully saturated rings. The zero-order chi connectivity index (χ0) is 15.2. The van der Waals surface area contributed by atoms with E-state index < -0.39 is 0 Å². The number of likely N-dealkylation sites (N-methyl/N-ethyl adjacent to an activating group) is 2. The summed E-state index contributed by atoms with van der Waals surface area (Å²) in [6.45, 7) is 4.54. The molecule has 1 aliphatic heterocycles. The SMILES string of the molecule is CCOc1ccc2c(c1)CC(C(=O)N(C)CCNC)CO2.Cl. The quantitative estimate of drug-likeness (QED) is 0.864. The van der Waals surface area contributed by atoms with Crippen LogP contribution in [0.5, 0.6) is 11.5 Å². The normalized spacial score (nSPS) is 16.0. The highest BCUT2D eigenvalue weighted by molar-refractivity contribution is 5.85. The van der Waals surface area contributed by atoms with E-state index in [0.717, 1.165) is 23.6 Å². The van der Waals surface area contributed by atoms with E-state index >= 15 is 0 Å². The van der Waals surface area contributed by atoms with E-state index in [0.29, 0.717) is 26.2 Å². The average Bonchev–Trinajstić information content (AvgIpc) is 2.51. The summed E-state index contributed by atoms with van der Waals surface area (Å²) in [5.41, 5.74) is 1.05. The first kappa shape index (κ1) is 18.6. The number of carbonyl (C=O) groups excluding carboxylic acids is 1. The van der Waals surface area contributed by atoms with E-state index in [1.807, 2.05) is 39.2 Å². The van der Waals surface area contributed by atoms with Gasteiger partial charge in [0.25, 0.3) is 0 Å². The number of hydrogen-bond donors (Lipinski definition) is 1. The summed E-state index contributed by atoms with van der Waals surface area (Å²) in [4.78, 5) is 14.2. The van der Waals surface area contributed by atoms with E-state index in [1.165, 1.54) is 0 Å². The summed E-state index contributed by atoms with van der Waals surface area (Å²) in [7, 11) is 3.72. The lowest BCUT2D eigenvalue weighted by atomic mass is 9.95. The van der Waals surface area contributed by atoms with Gasteiger partial charge in [0, 0.05) is 20.1 Å². The second-order valence-electron chi connectivity index (χ2n) is 5.28. The van der Waals surface area contributed by atoms with Crippen LogP contribution < -0.4 is 14.8 Å². The van der Waals surface area contributed by atoms with E-state index in [9.17, 15) is 4.79 Å². The van der Waals surface area contributed by atoms with Crippen molar-refractivity contribution in [2.45, 2.75) is 13.3 Å². The molecular formula is C16H25ClN2O3. The highest BCUT2D eigenvalue weighted by Crippen LogP contribution is 2.31. The number of carbonyl (C=O) groups is 1. The number of nitrogens with one attached hydrogen (secondary N) is 1. The van der Waals surface area contributed by atoms with Gasteiger partial charge in [-0.15, -0.1) is 12.4 Å². The maximum absolute atomic E-state index is 12.4. The first-order valence-electron chi connectivity index (χ1n) is 7.43. The van der Waals surface area contributed by atoms with Crippen LogP contribution in [0.15, 0.2) is 18.2 Å². The Labute approximate surface area is 138 Å².